The van der Waals surface area contributed by atoms with Crippen molar-refractivity contribution in [2.24, 2.45) is 0 Å². The fraction of sp³-hybridized carbons (Fsp3) is 0.267. The monoisotopic (exact) mass is 276 g/mol. The predicted molar refractivity (Wildman–Crippen MR) is 75.9 cm³/mol. The van der Waals surface area contributed by atoms with Gasteiger partial charge in [0.15, 0.2) is 0 Å². The van der Waals surface area contributed by atoms with Gasteiger partial charge in [0.2, 0.25) is 5.76 Å². The zero-order valence-electron chi connectivity index (χ0n) is 11.1. The Morgan fingerprint density at radius 1 is 1.21 bits per heavy atom. The van der Waals surface area contributed by atoms with Crippen LogP contribution >= 0.6 is 11.8 Å². The molecule has 0 bridgehead atoms. The van der Waals surface area contributed by atoms with Crippen LogP contribution in [0.2, 0.25) is 0 Å². The Labute approximate surface area is 116 Å². The Hall–Kier alpha value is -1.68. The molecule has 2 aromatic rings. The van der Waals surface area contributed by atoms with Crippen LogP contribution in [-0.4, -0.2) is 11.1 Å². The average Bonchev–Trinajstić information content (AvgIpc) is 2.76. The summed E-state index contributed by atoms with van der Waals surface area (Å²) >= 11 is 1.66. The SMILES string of the molecule is Cc1cc(C)cc(SC(C)c2ccc(C(=O)O)o2)c1. The van der Waals surface area contributed by atoms with Crippen LogP contribution in [0.5, 0.6) is 0 Å². The lowest BCUT2D eigenvalue weighted by Gasteiger charge is -2.10. The third-order valence-corrected chi connectivity index (χ3v) is 3.84. The second-order valence-corrected chi connectivity index (χ2v) is 6.00. The molecule has 100 valence electrons. The van der Waals surface area contributed by atoms with E-state index in [9.17, 15) is 4.79 Å². The van der Waals surface area contributed by atoms with Crippen molar-refractivity contribution in [2.75, 3.05) is 0 Å². The van der Waals surface area contributed by atoms with Crippen LogP contribution in [-0.2, 0) is 0 Å². The van der Waals surface area contributed by atoms with E-state index in [0.29, 0.717) is 5.76 Å². The molecule has 0 spiro atoms. The van der Waals surface area contributed by atoms with Crippen molar-refractivity contribution >= 4 is 17.7 Å². The summed E-state index contributed by atoms with van der Waals surface area (Å²) < 4.78 is 5.32. The number of rotatable bonds is 4. The Balaban J connectivity index is 2.15. The van der Waals surface area contributed by atoms with Gasteiger partial charge in [0.05, 0.1) is 5.25 Å². The molecule has 0 amide bonds. The zero-order chi connectivity index (χ0) is 14.0. The van der Waals surface area contributed by atoms with Crippen molar-refractivity contribution < 1.29 is 14.3 Å². The van der Waals surface area contributed by atoms with Gasteiger partial charge in [0.1, 0.15) is 5.76 Å². The van der Waals surface area contributed by atoms with Gasteiger partial charge in [-0.3, -0.25) is 0 Å². The van der Waals surface area contributed by atoms with Gasteiger partial charge in [-0.1, -0.05) is 6.07 Å². The van der Waals surface area contributed by atoms with Crippen LogP contribution in [0.25, 0.3) is 0 Å². The van der Waals surface area contributed by atoms with E-state index in [1.165, 1.54) is 22.1 Å². The number of carboxylic acid groups (broad SMARTS) is 1. The van der Waals surface area contributed by atoms with E-state index in [-0.39, 0.29) is 11.0 Å². The van der Waals surface area contributed by atoms with Gasteiger partial charge >= 0.3 is 5.97 Å². The summed E-state index contributed by atoms with van der Waals surface area (Å²) in [6.45, 7) is 6.14. The number of carbonyl (C=O) groups is 1. The van der Waals surface area contributed by atoms with E-state index < -0.39 is 5.97 Å². The summed E-state index contributed by atoms with van der Waals surface area (Å²) in [5.41, 5.74) is 2.45. The van der Waals surface area contributed by atoms with Gasteiger partial charge < -0.3 is 9.52 Å². The number of aromatic carboxylic acids is 1. The highest BCUT2D eigenvalue weighted by Crippen LogP contribution is 2.36. The Morgan fingerprint density at radius 2 is 1.84 bits per heavy atom. The molecule has 1 aromatic heterocycles. The largest absolute Gasteiger partial charge is 0.475 e. The summed E-state index contributed by atoms with van der Waals surface area (Å²) in [7, 11) is 0. The van der Waals surface area contributed by atoms with E-state index in [0.717, 1.165) is 0 Å². The van der Waals surface area contributed by atoms with Crippen molar-refractivity contribution in [3.05, 3.63) is 53.0 Å². The van der Waals surface area contributed by atoms with Gasteiger partial charge in [-0.25, -0.2) is 4.79 Å². The van der Waals surface area contributed by atoms with Crippen LogP contribution < -0.4 is 0 Å². The van der Waals surface area contributed by atoms with Crippen molar-refractivity contribution in [3.8, 4) is 0 Å². The first-order chi connectivity index (χ1) is 8.95. The lowest BCUT2D eigenvalue weighted by Crippen LogP contribution is -1.92. The summed E-state index contributed by atoms with van der Waals surface area (Å²) in [4.78, 5) is 11.9. The highest BCUT2D eigenvalue weighted by molar-refractivity contribution is 7.99. The molecule has 1 N–H and O–H groups in total. The minimum Gasteiger partial charge on any atom is -0.475 e. The number of thioether (sulfide) groups is 1. The van der Waals surface area contributed by atoms with Crippen LogP contribution in [0.15, 0.2) is 39.6 Å². The second kappa shape index (κ2) is 5.53. The molecule has 0 aliphatic heterocycles. The molecule has 0 radical (unpaired) electrons. The number of aryl methyl sites for hydroxylation is 2. The molecule has 1 unspecified atom stereocenters. The number of hydrogen-bond acceptors (Lipinski definition) is 3. The van der Waals surface area contributed by atoms with Gasteiger partial charge in [-0.2, -0.15) is 0 Å². The summed E-state index contributed by atoms with van der Waals surface area (Å²) in [5.74, 6) is -0.362. The molecule has 1 atom stereocenters. The van der Waals surface area contributed by atoms with Crippen molar-refractivity contribution in [2.45, 2.75) is 30.9 Å². The average molecular weight is 276 g/mol. The minimum atomic E-state index is -1.03. The standard InChI is InChI=1S/C15H16O3S/c1-9-6-10(2)8-12(7-9)19-11(3)13-4-5-14(18-13)15(16)17/h4-8,11H,1-3H3,(H,16,17). The lowest BCUT2D eigenvalue weighted by molar-refractivity contribution is 0.0660. The number of hydrogen-bond donors (Lipinski definition) is 1. The van der Waals surface area contributed by atoms with Gasteiger partial charge in [-0.05, 0) is 56.2 Å². The first-order valence-corrected chi connectivity index (χ1v) is 6.91. The smallest absolute Gasteiger partial charge is 0.371 e. The van der Waals surface area contributed by atoms with Gasteiger partial charge in [0.25, 0.3) is 0 Å². The molecule has 3 nitrogen and oxygen atoms in total. The Kier molecular flexibility index (Phi) is 4.00. The normalized spacial score (nSPS) is 12.4. The maximum Gasteiger partial charge on any atom is 0.371 e. The number of furan rings is 1. The van der Waals surface area contributed by atoms with E-state index in [1.807, 2.05) is 6.92 Å². The van der Waals surface area contributed by atoms with Gasteiger partial charge in [0, 0.05) is 4.90 Å². The molecule has 0 aliphatic carbocycles. The molecule has 1 aromatic carbocycles. The van der Waals surface area contributed by atoms with E-state index in [2.05, 4.69) is 32.0 Å². The van der Waals surface area contributed by atoms with Crippen LogP contribution in [0.3, 0.4) is 0 Å². The molecule has 0 fully saturated rings. The molecule has 19 heavy (non-hydrogen) atoms. The molecule has 1 heterocycles. The topological polar surface area (TPSA) is 50.4 Å². The number of carboxylic acids is 1. The van der Waals surface area contributed by atoms with Crippen molar-refractivity contribution in [1.29, 1.82) is 0 Å². The lowest BCUT2D eigenvalue weighted by atomic mass is 10.2. The molecule has 2 rings (SSSR count). The third kappa shape index (κ3) is 3.41. The predicted octanol–water partition coefficient (Wildman–Crippen LogP) is 4.45. The highest BCUT2D eigenvalue weighted by atomic mass is 32.2. The Bertz CT molecular complexity index is 581. The van der Waals surface area contributed by atoms with E-state index in [1.54, 1.807) is 17.8 Å². The fourth-order valence-electron chi connectivity index (χ4n) is 1.95. The molecule has 0 saturated heterocycles. The molecule has 4 heteroatoms. The third-order valence-electron chi connectivity index (χ3n) is 2.75. The minimum absolute atomic E-state index is 0.0112. The number of benzene rings is 1. The molecular weight excluding hydrogens is 260 g/mol. The summed E-state index contributed by atoms with van der Waals surface area (Å²) in [5, 5.41) is 8.92. The van der Waals surface area contributed by atoms with Gasteiger partial charge in [-0.15, -0.1) is 11.8 Å². The molecular formula is C15H16O3S. The van der Waals surface area contributed by atoms with Crippen molar-refractivity contribution in [1.82, 2.24) is 0 Å². The first kappa shape index (κ1) is 13.7. The van der Waals surface area contributed by atoms with Crippen molar-refractivity contribution in [3.63, 3.8) is 0 Å². The highest BCUT2D eigenvalue weighted by Gasteiger charge is 2.15. The summed E-state index contributed by atoms with van der Waals surface area (Å²) in [6, 6.07) is 9.59. The van der Waals surface area contributed by atoms with E-state index >= 15 is 0 Å². The Morgan fingerprint density at radius 3 is 2.37 bits per heavy atom. The fourth-order valence-corrected chi connectivity index (χ4v) is 3.11. The zero-order valence-corrected chi connectivity index (χ0v) is 12.0. The maximum absolute atomic E-state index is 10.8. The quantitative estimate of drug-likeness (QED) is 0.838. The van der Waals surface area contributed by atoms with Crippen LogP contribution in [0.1, 0.15) is 39.6 Å². The summed E-state index contributed by atoms with van der Waals surface area (Å²) in [6.07, 6.45) is 0. The first-order valence-electron chi connectivity index (χ1n) is 6.03. The maximum atomic E-state index is 10.8. The second-order valence-electron chi connectivity index (χ2n) is 4.59. The van der Waals surface area contributed by atoms with Crippen LogP contribution in [0.4, 0.5) is 0 Å². The molecule has 0 aliphatic rings. The molecule has 0 saturated carbocycles. The van der Waals surface area contributed by atoms with Crippen LogP contribution in [0, 0.1) is 13.8 Å². The van der Waals surface area contributed by atoms with E-state index in [4.69, 9.17) is 9.52 Å².